The maximum atomic E-state index is 12.1. The van der Waals surface area contributed by atoms with E-state index in [1.807, 2.05) is 32.9 Å². The van der Waals surface area contributed by atoms with Crippen LogP contribution >= 0.6 is 0 Å². The van der Waals surface area contributed by atoms with Crippen molar-refractivity contribution < 1.29 is 14.3 Å². The molecule has 2 aromatic carbocycles. The molecule has 0 aromatic heterocycles. The second kappa shape index (κ2) is 7.45. The number of amides is 2. The molecule has 0 aliphatic heterocycles. The van der Waals surface area contributed by atoms with Gasteiger partial charge >= 0.3 is 11.8 Å². The van der Waals surface area contributed by atoms with Gasteiger partial charge in [0, 0.05) is 5.69 Å². The van der Waals surface area contributed by atoms with E-state index in [9.17, 15) is 9.59 Å². The van der Waals surface area contributed by atoms with Gasteiger partial charge < -0.3 is 15.4 Å². The van der Waals surface area contributed by atoms with Crippen LogP contribution in [0.4, 0.5) is 11.4 Å². The first kappa shape index (κ1) is 16.5. The van der Waals surface area contributed by atoms with Crippen molar-refractivity contribution in [2.24, 2.45) is 0 Å². The molecule has 2 amide bonds. The second-order valence-electron chi connectivity index (χ2n) is 5.16. The first-order valence-electron chi connectivity index (χ1n) is 7.42. The van der Waals surface area contributed by atoms with Gasteiger partial charge in [-0.3, -0.25) is 9.59 Å². The van der Waals surface area contributed by atoms with Crippen molar-refractivity contribution in [3.63, 3.8) is 0 Å². The number of nitrogens with one attached hydrogen (secondary N) is 2. The summed E-state index contributed by atoms with van der Waals surface area (Å²) in [6.45, 7) is 6.17. The minimum absolute atomic E-state index is 0.468. The Morgan fingerprint density at radius 2 is 1.61 bits per heavy atom. The Morgan fingerprint density at radius 1 is 0.957 bits per heavy atom. The molecule has 5 nitrogen and oxygen atoms in total. The summed E-state index contributed by atoms with van der Waals surface area (Å²) < 4.78 is 5.42. The van der Waals surface area contributed by atoms with Crippen LogP contribution in [0.3, 0.4) is 0 Å². The molecule has 0 unspecified atom stereocenters. The van der Waals surface area contributed by atoms with Gasteiger partial charge in [0.15, 0.2) is 0 Å². The van der Waals surface area contributed by atoms with Crippen LogP contribution in [0, 0.1) is 13.8 Å². The summed E-state index contributed by atoms with van der Waals surface area (Å²) in [5, 5.41) is 5.19. The van der Waals surface area contributed by atoms with Crippen LogP contribution in [-0.4, -0.2) is 18.4 Å². The van der Waals surface area contributed by atoms with E-state index in [1.54, 1.807) is 30.3 Å². The van der Waals surface area contributed by atoms with Gasteiger partial charge in [-0.05, 0) is 44.5 Å². The minimum atomic E-state index is -0.739. The van der Waals surface area contributed by atoms with Gasteiger partial charge in [0.25, 0.3) is 0 Å². The molecule has 2 rings (SSSR count). The number of hydrogen-bond donors (Lipinski definition) is 2. The van der Waals surface area contributed by atoms with Gasteiger partial charge in [0.05, 0.1) is 12.3 Å². The van der Waals surface area contributed by atoms with Crippen molar-refractivity contribution in [2.75, 3.05) is 17.2 Å². The van der Waals surface area contributed by atoms with Crippen molar-refractivity contribution >= 4 is 23.2 Å². The summed E-state index contributed by atoms with van der Waals surface area (Å²) in [4.78, 5) is 24.1. The fraction of sp³-hybridized carbons (Fsp3) is 0.222. The summed E-state index contributed by atoms with van der Waals surface area (Å²) >= 11 is 0. The monoisotopic (exact) mass is 312 g/mol. The topological polar surface area (TPSA) is 67.4 Å². The third-order valence-corrected chi connectivity index (χ3v) is 3.27. The molecule has 0 fully saturated rings. The second-order valence-corrected chi connectivity index (χ2v) is 5.16. The maximum absolute atomic E-state index is 12.1. The zero-order valence-electron chi connectivity index (χ0n) is 13.5. The molecule has 0 spiro atoms. The molecule has 2 aromatic rings. The van der Waals surface area contributed by atoms with Crippen LogP contribution in [0.15, 0.2) is 42.5 Å². The first-order valence-corrected chi connectivity index (χ1v) is 7.42. The van der Waals surface area contributed by atoms with Crippen LogP contribution in [0.1, 0.15) is 18.1 Å². The molecule has 0 radical (unpaired) electrons. The summed E-state index contributed by atoms with van der Waals surface area (Å²) in [6, 6.07) is 12.6. The van der Waals surface area contributed by atoms with E-state index in [0.29, 0.717) is 23.7 Å². The minimum Gasteiger partial charge on any atom is -0.492 e. The van der Waals surface area contributed by atoms with E-state index < -0.39 is 11.8 Å². The normalized spacial score (nSPS) is 10.0. The number of benzene rings is 2. The lowest BCUT2D eigenvalue weighted by Gasteiger charge is -2.12. The number of anilines is 2. The Hall–Kier alpha value is -2.82. The Bertz CT molecular complexity index is 726. The Morgan fingerprint density at radius 3 is 2.26 bits per heavy atom. The molecule has 0 aliphatic carbocycles. The fourth-order valence-corrected chi connectivity index (χ4v) is 2.16. The van der Waals surface area contributed by atoms with Gasteiger partial charge in [-0.2, -0.15) is 0 Å². The van der Waals surface area contributed by atoms with E-state index in [2.05, 4.69) is 10.6 Å². The molecule has 0 bridgehead atoms. The van der Waals surface area contributed by atoms with E-state index in [4.69, 9.17) is 4.74 Å². The zero-order chi connectivity index (χ0) is 16.8. The van der Waals surface area contributed by atoms with E-state index in [-0.39, 0.29) is 0 Å². The predicted molar refractivity (Wildman–Crippen MR) is 90.8 cm³/mol. The van der Waals surface area contributed by atoms with Gasteiger partial charge in [-0.15, -0.1) is 0 Å². The SMILES string of the molecule is CCOc1ccccc1NC(=O)C(=O)Nc1ccc(C)cc1C. The highest BCUT2D eigenvalue weighted by atomic mass is 16.5. The van der Waals surface area contributed by atoms with Crippen molar-refractivity contribution in [1.82, 2.24) is 0 Å². The van der Waals surface area contributed by atoms with Crippen LogP contribution < -0.4 is 15.4 Å². The van der Waals surface area contributed by atoms with Crippen molar-refractivity contribution in [2.45, 2.75) is 20.8 Å². The fourth-order valence-electron chi connectivity index (χ4n) is 2.16. The van der Waals surface area contributed by atoms with E-state index >= 15 is 0 Å². The Kier molecular flexibility index (Phi) is 5.36. The van der Waals surface area contributed by atoms with Crippen LogP contribution in [-0.2, 0) is 9.59 Å². The lowest BCUT2D eigenvalue weighted by atomic mass is 10.1. The highest BCUT2D eigenvalue weighted by Gasteiger charge is 2.16. The number of ether oxygens (including phenoxy) is 1. The molecule has 0 heterocycles. The first-order chi connectivity index (χ1) is 11.0. The highest BCUT2D eigenvalue weighted by molar-refractivity contribution is 6.43. The van der Waals surface area contributed by atoms with Crippen molar-refractivity contribution in [3.05, 3.63) is 53.6 Å². The van der Waals surface area contributed by atoms with Crippen molar-refractivity contribution in [1.29, 1.82) is 0 Å². The quantitative estimate of drug-likeness (QED) is 0.851. The molecule has 5 heteroatoms. The number of rotatable bonds is 4. The smallest absolute Gasteiger partial charge is 0.314 e. The number of carbonyl (C=O) groups excluding carboxylic acids is 2. The third-order valence-electron chi connectivity index (χ3n) is 3.27. The molecule has 0 saturated heterocycles. The van der Waals surface area contributed by atoms with E-state index in [0.717, 1.165) is 11.1 Å². The Labute approximate surface area is 135 Å². The summed E-state index contributed by atoms with van der Waals surface area (Å²) in [5.74, 6) is -0.928. The largest absolute Gasteiger partial charge is 0.492 e. The van der Waals surface area contributed by atoms with Gasteiger partial charge in [-0.25, -0.2) is 0 Å². The number of carbonyl (C=O) groups is 2. The van der Waals surface area contributed by atoms with Gasteiger partial charge in [0.2, 0.25) is 0 Å². The number of aryl methyl sites for hydroxylation is 2. The molecule has 0 saturated carbocycles. The molecular weight excluding hydrogens is 292 g/mol. The number of para-hydroxylation sites is 2. The molecule has 0 atom stereocenters. The lowest BCUT2D eigenvalue weighted by molar-refractivity contribution is -0.133. The van der Waals surface area contributed by atoms with E-state index in [1.165, 1.54) is 0 Å². The zero-order valence-corrected chi connectivity index (χ0v) is 13.5. The highest BCUT2D eigenvalue weighted by Crippen LogP contribution is 2.23. The number of hydrogen-bond acceptors (Lipinski definition) is 3. The van der Waals surface area contributed by atoms with Crippen molar-refractivity contribution in [3.8, 4) is 5.75 Å². The lowest BCUT2D eigenvalue weighted by Crippen LogP contribution is -2.29. The molecule has 0 aliphatic rings. The van der Waals surface area contributed by atoms with Gasteiger partial charge in [0.1, 0.15) is 5.75 Å². The molecular formula is C18H20N2O3. The van der Waals surface area contributed by atoms with Crippen LogP contribution in [0.5, 0.6) is 5.75 Å². The Balaban J connectivity index is 2.07. The van der Waals surface area contributed by atoms with Crippen LogP contribution in [0.25, 0.3) is 0 Å². The molecule has 120 valence electrons. The maximum Gasteiger partial charge on any atom is 0.314 e. The standard InChI is InChI=1S/C18H20N2O3/c1-4-23-16-8-6-5-7-15(16)20-18(22)17(21)19-14-10-9-12(2)11-13(14)3/h5-11H,4H2,1-3H3,(H,19,21)(H,20,22). The summed E-state index contributed by atoms with van der Waals surface area (Å²) in [6.07, 6.45) is 0. The average molecular weight is 312 g/mol. The van der Waals surface area contributed by atoms with Crippen LogP contribution in [0.2, 0.25) is 0 Å². The van der Waals surface area contributed by atoms with Gasteiger partial charge in [-0.1, -0.05) is 29.8 Å². The third kappa shape index (κ3) is 4.32. The molecule has 2 N–H and O–H groups in total. The predicted octanol–water partition coefficient (Wildman–Crippen LogP) is 3.28. The summed E-state index contributed by atoms with van der Waals surface area (Å²) in [7, 11) is 0. The average Bonchev–Trinajstić information content (AvgIpc) is 2.52. The molecule has 23 heavy (non-hydrogen) atoms. The summed E-state index contributed by atoms with van der Waals surface area (Å²) in [5.41, 5.74) is 3.08.